The summed E-state index contributed by atoms with van der Waals surface area (Å²) >= 11 is 0. The van der Waals surface area contributed by atoms with Gasteiger partial charge in [0.2, 0.25) is 0 Å². The third kappa shape index (κ3) is 8.53. The van der Waals surface area contributed by atoms with Crippen molar-refractivity contribution in [1.29, 1.82) is 0 Å². The van der Waals surface area contributed by atoms with Crippen molar-refractivity contribution >= 4 is 49.7 Å². The molecule has 0 fully saturated rings. The zero-order valence-electron chi connectivity index (χ0n) is 7.75. The Morgan fingerprint density at radius 3 is 2.15 bits per heavy atom. The Morgan fingerprint density at radius 2 is 1.85 bits per heavy atom. The Balaban J connectivity index is 0. The van der Waals surface area contributed by atoms with E-state index in [1.165, 1.54) is 0 Å². The molecule has 0 aliphatic heterocycles. The number of carboxylic acids is 2. The summed E-state index contributed by atoms with van der Waals surface area (Å²) in [4.78, 5) is 20.4. The Morgan fingerprint density at radius 1 is 1.31 bits per heavy atom. The number of aliphatic carboxylic acids is 2. The van der Waals surface area contributed by atoms with Crippen LogP contribution >= 0.6 is 0 Å². The second kappa shape index (κ2) is 8.78. The average molecular weight is 212 g/mol. The maximum atomic E-state index is 10.3. The SMILES string of the molecule is CCCCC(CC(=O)[O-])C(=O)[O-].[Ca+2]. The fraction of sp³-hybridized carbons (Fsp3) is 0.750. The number of carbonyl (C=O) groups excluding carboxylic acids is 2. The van der Waals surface area contributed by atoms with E-state index >= 15 is 0 Å². The Bertz CT molecular complexity index is 170. The van der Waals surface area contributed by atoms with Gasteiger partial charge in [0.1, 0.15) is 0 Å². The number of carbonyl (C=O) groups is 2. The van der Waals surface area contributed by atoms with Crippen molar-refractivity contribution in [2.75, 3.05) is 0 Å². The first-order chi connectivity index (χ1) is 5.57. The van der Waals surface area contributed by atoms with Crippen LogP contribution < -0.4 is 10.2 Å². The molecule has 4 nitrogen and oxygen atoms in total. The smallest absolute Gasteiger partial charge is 0.550 e. The predicted octanol–water partition coefficient (Wildman–Crippen LogP) is -1.70. The molecule has 5 heteroatoms. The van der Waals surface area contributed by atoms with Gasteiger partial charge in [0, 0.05) is 17.9 Å². The summed E-state index contributed by atoms with van der Waals surface area (Å²) in [5.41, 5.74) is 0. The standard InChI is InChI=1S/C8H14O4.Ca/c1-2-3-4-6(8(11)12)5-7(9)10;/h6H,2-5H2,1H3,(H,9,10)(H,11,12);/q;+2/p-2. The van der Waals surface area contributed by atoms with Crippen molar-refractivity contribution in [3.63, 3.8) is 0 Å². The van der Waals surface area contributed by atoms with Gasteiger partial charge in [-0.05, 0) is 12.8 Å². The van der Waals surface area contributed by atoms with Gasteiger partial charge in [0.05, 0.1) is 0 Å². The summed E-state index contributed by atoms with van der Waals surface area (Å²) < 4.78 is 0. The molecule has 0 spiro atoms. The predicted molar refractivity (Wildman–Crippen MR) is 43.4 cm³/mol. The van der Waals surface area contributed by atoms with E-state index in [1.807, 2.05) is 6.92 Å². The van der Waals surface area contributed by atoms with Crippen molar-refractivity contribution in [2.45, 2.75) is 32.6 Å². The average Bonchev–Trinajstić information content (AvgIpc) is 1.96. The van der Waals surface area contributed by atoms with E-state index in [-0.39, 0.29) is 37.7 Å². The first-order valence-corrected chi connectivity index (χ1v) is 3.98. The molecule has 0 N–H and O–H groups in total. The topological polar surface area (TPSA) is 80.3 Å². The zero-order valence-corrected chi connectivity index (χ0v) is 9.95. The molecule has 70 valence electrons. The summed E-state index contributed by atoms with van der Waals surface area (Å²) in [6.07, 6.45) is 1.46. The summed E-state index contributed by atoms with van der Waals surface area (Å²) in [6.45, 7) is 1.91. The van der Waals surface area contributed by atoms with Crippen LogP contribution in [0.15, 0.2) is 0 Å². The summed E-state index contributed by atoms with van der Waals surface area (Å²) in [5.74, 6) is -3.53. The molecule has 0 aliphatic carbocycles. The molecule has 1 atom stereocenters. The number of rotatable bonds is 6. The molecule has 0 heterocycles. The van der Waals surface area contributed by atoms with Crippen LogP contribution in [0.1, 0.15) is 32.6 Å². The molecule has 0 aromatic rings. The second-order valence-electron chi connectivity index (χ2n) is 2.73. The molecular formula is C8H12CaO4. The maximum Gasteiger partial charge on any atom is 2.00 e. The zero-order chi connectivity index (χ0) is 9.56. The van der Waals surface area contributed by atoms with E-state index in [0.29, 0.717) is 12.8 Å². The number of carboxylic acid groups (broad SMARTS) is 2. The van der Waals surface area contributed by atoms with E-state index in [4.69, 9.17) is 0 Å². The molecule has 0 amide bonds. The quantitative estimate of drug-likeness (QED) is 0.492. The minimum absolute atomic E-state index is 0. The van der Waals surface area contributed by atoms with Crippen molar-refractivity contribution in [3.05, 3.63) is 0 Å². The van der Waals surface area contributed by atoms with Gasteiger partial charge in [-0.2, -0.15) is 0 Å². The van der Waals surface area contributed by atoms with Crippen LogP contribution in [0.25, 0.3) is 0 Å². The van der Waals surface area contributed by atoms with Crippen LogP contribution in [0, 0.1) is 5.92 Å². The molecule has 0 aromatic carbocycles. The number of unbranched alkanes of at least 4 members (excludes halogenated alkanes) is 1. The molecule has 0 rings (SSSR count). The second-order valence-corrected chi connectivity index (χ2v) is 2.73. The molecule has 13 heavy (non-hydrogen) atoms. The van der Waals surface area contributed by atoms with E-state index in [0.717, 1.165) is 6.42 Å². The van der Waals surface area contributed by atoms with E-state index in [1.54, 1.807) is 0 Å². The van der Waals surface area contributed by atoms with Crippen LogP contribution in [0.3, 0.4) is 0 Å². The summed E-state index contributed by atoms with van der Waals surface area (Å²) in [7, 11) is 0. The Hall–Kier alpha value is 0.200. The van der Waals surface area contributed by atoms with Gasteiger partial charge in [-0.3, -0.25) is 0 Å². The van der Waals surface area contributed by atoms with Crippen LogP contribution in [0.4, 0.5) is 0 Å². The van der Waals surface area contributed by atoms with E-state index in [2.05, 4.69) is 0 Å². The number of hydrogen-bond acceptors (Lipinski definition) is 4. The summed E-state index contributed by atoms with van der Waals surface area (Å²) in [5, 5.41) is 20.4. The molecule has 0 bridgehead atoms. The molecule has 0 saturated carbocycles. The van der Waals surface area contributed by atoms with Crippen molar-refractivity contribution in [3.8, 4) is 0 Å². The van der Waals surface area contributed by atoms with Gasteiger partial charge in [-0.15, -0.1) is 0 Å². The maximum absolute atomic E-state index is 10.3. The van der Waals surface area contributed by atoms with Gasteiger partial charge in [-0.1, -0.05) is 19.8 Å². The molecule has 0 radical (unpaired) electrons. The molecule has 0 aromatic heterocycles. The van der Waals surface area contributed by atoms with Gasteiger partial charge in [-0.25, -0.2) is 0 Å². The van der Waals surface area contributed by atoms with Crippen molar-refractivity contribution in [1.82, 2.24) is 0 Å². The fourth-order valence-electron chi connectivity index (χ4n) is 0.955. The monoisotopic (exact) mass is 212 g/mol. The van der Waals surface area contributed by atoms with Crippen LogP contribution in [0.5, 0.6) is 0 Å². The van der Waals surface area contributed by atoms with E-state index < -0.39 is 24.3 Å². The number of hydrogen-bond donors (Lipinski definition) is 0. The van der Waals surface area contributed by atoms with Crippen LogP contribution in [-0.4, -0.2) is 49.7 Å². The summed E-state index contributed by atoms with van der Waals surface area (Å²) in [6, 6.07) is 0. The Labute approximate surface area is 107 Å². The largest absolute Gasteiger partial charge is 2.00 e. The first-order valence-electron chi connectivity index (χ1n) is 3.98. The van der Waals surface area contributed by atoms with Crippen molar-refractivity contribution in [2.24, 2.45) is 5.92 Å². The minimum atomic E-state index is -1.33. The third-order valence-corrected chi connectivity index (χ3v) is 1.65. The van der Waals surface area contributed by atoms with Gasteiger partial charge in [0.25, 0.3) is 0 Å². The molecule has 0 aliphatic rings. The van der Waals surface area contributed by atoms with E-state index in [9.17, 15) is 19.8 Å². The third-order valence-electron chi connectivity index (χ3n) is 1.65. The Kier molecular flexibility index (Phi) is 10.6. The van der Waals surface area contributed by atoms with Gasteiger partial charge in [0.15, 0.2) is 0 Å². The van der Waals surface area contributed by atoms with Crippen LogP contribution in [-0.2, 0) is 9.59 Å². The first kappa shape index (κ1) is 15.7. The normalized spacial score (nSPS) is 11.5. The molecule has 1 unspecified atom stereocenters. The van der Waals surface area contributed by atoms with Crippen molar-refractivity contribution < 1.29 is 19.8 Å². The molecular weight excluding hydrogens is 200 g/mol. The molecule has 0 saturated heterocycles. The van der Waals surface area contributed by atoms with Gasteiger partial charge < -0.3 is 19.8 Å². The van der Waals surface area contributed by atoms with Crippen LogP contribution in [0.2, 0.25) is 0 Å². The van der Waals surface area contributed by atoms with Gasteiger partial charge >= 0.3 is 37.7 Å². The minimum Gasteiger partial charge on any atom is -0.550 e. The fourth-order valence-corrected chi connectivity index (χ4v) is 0.955.